The van der Waals surface area contributed by atoms with Crippen LogP contribution in [-0.4, -0.2) is 11.9 Å². The van der Waals surface area contributed by atoms with Gasteiger partial charge in [-0.2, -0.15) is 0 Å². The zero-order valence-corrected chi connectivity index (χ0v) is 12.2. The Morgan fingerprint density at radius 1 is 0.591 bits per heavy atom. The summed E-state index contributed by atoms with van der Waals surface area (Å²) in [4.78, 5) is 20.2. The molecule has 0 spiro atoms. The third-order valence-corrected chi connectivity index (χ3v) is 2.02. The average Bonchev–Trinajstić information content (AvgIpc) is 2.60. The molecule has 0 bridgehead atoms. The number of hydrogen-bond donors (Lipinski definition) is 0. The van der Waals surface area contributed by atoms with Crippen molar-refractivity contribution in [1.82, 2.24) is 0 Å². The van der Waals surface area contributed by atoms with Crippen LogP contribution in [0.15, 0.2) is 87.0 Å². The maximum Gasteiger partial charge on any atom is 0.0715 e. The van der Waals surface area contributed by atoms with Crippen molar-refractivity contribution in [3.05, 3.63) is 98.1 Å². The van der Waals surface area contributed by atoms with Gasteiger partial charge in [-0.15, -0.1) is 26.3 Å². The van der Waals surface area contributed by atoms with Crippen molar-refractivity contribution in [2.45, 2.75) is 0 Å². The number of rotatable bonds is 2. The fourth-order valence-electron chi connectivity index (χ4n) is 1.15. The summed E-state index contributed by atoms with van der Waals surface area (Å²) in [6, 6.07) is 16.1. The molecule has 4 heteroatoms. The molecule has 0 saturated carbocycles. The van der Waals surface area contributed by atoms with Crippen LogP contribution in [0, 0.1) is 0 Å². The molecule has 0 saturated heterocycles. The smallest absolute Gasteiger partial charge is 0.0715 e. The minimum Gasteiger partial charge on any atom is -0.545 e. The molecule has 2 rings (SSSR count). The van der Waals surface area contributed by atoms with Crippen LogP contribution in [0.1, 0.15) is 20.7 Å². The minimum absolute atomic E-state index is 0.220. The number of hydrogen-bond acceptors (Lipinski definition) is 4. The summed E-state index contributed by atoms with van der Waals surface area (Å²) in [5, 5.41) is 20.2. The van der Waals surface area contributed by atoms with E-state index in [1.54, 1.807) is 36.4 Å². The predicted molar refractivity (Wildman–Crippen MR) is 84.1 cm³/mol. The summed E-state index contributed by atoms with van der Waals surface area (Å²) in [6.45, 7) is 12.0. The fraction of sp³-hybridized carbons (Fsp3) is 0. The van der Waals surface area contributed by atoms with Gasteiger partial charge in [0.15, 0.2) is 0 Å². The molecule has 0 heterocycles. The predicted octanol–water partition coefficient (Wildman–Crippen LogP) is 1.70. The molecule has 116 valence electrons. The lowest BCUT2D eigenvalue weighted by Gasteiger charge is -1.97. The first-order chi connectivity index (χ1) is 10.6. The average molecular weight is 298 g/mol. The highest BCUT2D eigenvalue weighted by atomic mass is 16.4. The number of carboxylic acids is 2. The van der Waals surface area contributed by atoms with E-state index in [9.17, 15) is 19.8 Å². The van der Waals surface area contributed by atoms with E-state index in [-0.39, 0.29) is 11.1 Å². The number of carbonyl (C=O) groups excluding carboxylic acids is 2. The van der Waals surface area contributed by atoms with E-state index in [0.29, 0.717) is 0 Å². The van der Waals surface area contributed by atoms with Crippen LogP contribution in [0.4, 0.5) is 0 Å². The SMILES string of the molecule is C=C.C=C.O=C([O-])c1ccccc1.O=C([O-])c1ccccc1. The molecule has 0 aliphatic rings. The van der Waals surface area contributed by atoms with E-state index in [4.69, 9.17) is 0 Å². The van der Waals surface area contributed by atoms with Crippen LogP contribution in [0.25, 0.3) is 0 Å². The van der Waals surface area contributed by atoms with Crippen molar-refractivity contribution < 1.29 is 19.8 Å². The Balaban J connectivity index is 0. The maximum absolute atomic E-state index is 10.1. The second kappa shape index (κ2) is 14.3. The topological polar surface area (TPSA) is 80.3 Å². The molecule has 0 amide bonds. The Morgan fingerprint density at radius 3 is 0.955 bits per heavy atom. The lowest BCUT2D eigenvalue weighted by atomic mass is 10.2. The van der Waals surface area contributed by atoms with E-state index < -0.39 is 11.9 Å². The molecule has 4 nitrogen and oxygen atoms in total. The lowest BCUT2D eigenvalue weighted by molar-refractivity contribution is -0.256. The molecule has 22 heavy (non-hydrogen) atoms. The largest absolute Gasteiger partial charge is 0.545 e. The summed E-state index contributed by atoms with van der Waals surface area (Å²) in [5.41, 5.74) is 0.440. The van der Waals surface area contributed by atoms with Gasteiger partial charge in [-0.05, 0) is 11.1 Å². The van der Waals surface area contributed by atoms with E-state index in [1.165, 1.54) is 24.3 Å². The second-order valence-corrected chi connectivity index (χ2v) is 3.31. The van der Waals surface area contributed by atoms with Gasteiger partial charge >= 0.3 is 0 Å². The van der Waals surface area contributed by atoms with Gasteiger partial charge < -0.3 is 19.8 Å². The van der Waals surface area contributed by atoms with Crippen molar-refractivity contribution >= 4 is 11.9 Å². The summed E-state index contributed by atoms with van der Waals surface area (Å²) in [5.74, 6) is -2.26. The van der Waals surface area contributed by atoms with Gasteiger partial charge in [0.25, 0.3) is 0 Å². The highest BCUT2D eigenvalue weighted by Gasteiger charge is 1.86. The summed E-state index contributed by atoms with van der Waals surface area (Å²) >= 11 is 0. The van der Waals surface area contributed by atoms with Crippen LogP contribution in [-0.2, 0) is 0 Å². The van der Waals surface area contributed by atoms with Crippen molar-refractivity contribution in [3.8, 4) is 0 Å². The number of aromatic carboxylic acids is 2. The first kappa shape index (κ1) is 21.2. The Bertz CT molecular complexity index is 484. The van der Waals surface area contributed by atoms with Gasteiger partial charge in [-0.25, -0.2) is 0 Å². The molecule has 0 aliphatic heterocycles. The van der Waals surface area contributed by atoms with E-state index in [2.05, 4.69) is 26.3 Å². The van der Waals surface area contributed by atoms with Gasteiger partial charge in [0.1, 0.15) is 0 Å². The van der Waals surface area contributed by atoms with E-state index >= 15 is 0 Å². The molecule has 0 atom stereocenters. The zero-order chi connectivity index (χ0) is 17.4. The molecule has 0 N–H and O–H groups in total. The van der Waals surface area contributed by atoms with Crippen LogP contribution in [0.3, 0.4) is 0 Å². The minimum atomic E-state index is -1.13. The van der Waals surface area contributed by atoms with Gasteiger partial charge in [0, 0.05) is 0 Å². The fourth-order valence-corrected chi connectivity index (χ4v) is 1.15. The van der Waals surface area contributed by atoms with Crippen LogP contribution >= 0.6 is 0 Å². The summed E-state index contributed by atoms with van der Waals surface area (Å²) in [6.07, 6.45) is 0. The summed E-state index contributed by atoms with van der Waals surface area (Å²) in [7, 11) is 0. The number of carboxylic acid groups (broad SMARTS) is 2. The van der Waals surface area contributed by atoms with Crippen molar-refractivity contribution in [1.29, 1.82) is 0 Å². The molecular weight excluding hydrogens is 280 g/mol. The van der Waals surface area contributed by atoms with Gasteiger partial charge in [-0.1, -0.05) is 60.7 Å². The zero-order valence-electron chi connectivity index (χ0n) is 12.2. The van der Waals surface area contributed by atoms with Crippen LogP contribution < -0.4 is 10.2 Å². The van der Waals surface area contributed by atoms with Crippen molar-refractivity contribution in [2.75, 3.05) is 0 Å². The van der Waals surface area contributed by atoms with Crippen LogP contribution in [0.2, 0.25) is 0 Å². The molecular formula is C18H18O4-2. The lowest BCUT2D eigenvalue weighted by Crippen LogP contribution is -2.21. The molecule has 0 aliphatic carbocycles. The Kier molecular flexibility index (Phi) is 13.7. The standard InChI is InChI=1S/2C7H6O2.2C2H4/c2*8-7(9)6-4-2-1-3-5-6;2*1-2/h2*1-5H,(H,8,9);2*1-2H2/p-2. The summed E-state index contributed by atoms with van der Waals surface area (Å²) < 4.78 is 0. The normalized spacial score (nSPS) is 7.64. The Hall–Kier alpha value is -3.14. The number of carbonyl (C=O) groups is 2. The van der Waals surface area contributed by atoms with Gasteiger partial charge in [0.2, 0.25) is 0 Å². The maximum atomic E-state index is 10.1. The second-order valence-electron chi connectivity index (χ2n) is 3.31. The molecule has 0 fully saturated rings. The molecule has 2 aromatic carbocycles. The molecule has 0 unspecified atom stereocenters. The van der Waals surface area contributed by atoms with Crippen molar-refractivity contribution in [2.24, 2.45) is 0 Å². The monoisotopic (exact) mass is 298 g/mol. The molecule has 2 aromatic rings. The van der Waals surface area contributed by atoms with E-state index in [0.717, 1.165) is 0 Å². The third kappa shape index (κ3) is 9.75. The quantitative estimate of drug-likeness (QED) is 0.790. The van der Waals surface area contributed by atoms with Gasteiger partial charge in [0.05, 0.1) is 11.9 Å². The third-order valence-electron chi connectivity index (χ3n) is 2.02. The highest BCUT2D eigenvalue weighted by molar-refractivity contribution is 5.85. The number of benzene rings is 2. The first-order valence-corrected chi connectivity index (χ1v) is 6.14. The van der Waals surface area contributed by atoms with Gasteiger partial charge in [-0.3, -0.25) is 0 Å². The Morgan fingerprint density at radius 2 is 0.818 bits per heavy atom. The van der Waals surface area contributed by atoms with Crippen LogP contribution in [0.5, 0.6) is 0 Å². The molecule has 0 radical (unpaired) electrons. The van der Waals surface area contributed by atoms with E-state index in [1.807, 2.05) is 0 Å². The highest BCUT2D eigenvalue weighted by Crippen LogP contribution is 1.95. The Labute approximate surface area is 130 Å². The first-order valence-electron chi connectivity index (χ1n) is 6.14. The van der Waals surface area contributed by atoms with Crippen molar-refractivity contribution in [3.63, 3.8) is 0 Å². The molecule has 0 aromatic heterocycles.